The van der Waals surface area contributed by atoms with Crippen molar-refractivity contribution in [2.24, 2.45) is 0 Å². The summed E-state index contributed by atoms with van der Waals surface area (Å²) >= 11 is 0. The molecule has 3 nitrogen and oxygen atoms in total. The monoisotopic (exact) mass is 399 g/mol. The van der Waals surface area contributed by atoms with Crippen molar-refractivity contribution in [3.8, 4) is 22.6 Å². The number of anilines is 1. The molecule has 0 aliphatic carbocycles. The van der Waals surface area contributed by atoms with E-state index in [1.54, 1.807) is 7.11 Å². The Kier molecular flexibility index (Phi) is 5.29. The largest absolute Gasteiger partial charge is 0.496 e. The molecule has 0 bridgehead atoms. The van der Waals surface area contributed by atoms with E-state index in [4.69, 9.17) is 9.47 Å². The van der Waals surface area contributed by atoms with Gasteiger partial charge >= 0.3 is 0 Å². The number of hydrogen-bond acceptors (Lipinski definition) is 3. The van der Waals surface area contributed by atoms with Gasteiger partial charge in [-0.05, 0) is 69.2 Å². The number of benzene rings is 3. The number of fused-ring (bicyclic) bond motifs is 1. The van der Waals surface area contributed by atoms with Crippen molar-refractivity contribution < 1.29 is 9.47 Å². The number of para-hydroxylation sites is 1. The quantitative estimate of drug-likeness (QED) is 0.508. The standard InChI is InChI=1S/C27H29NO2/c1-18-11-14-25(29-5)22(15-18)21-12-13-24-26(19(2)16-27(3,4)28-24)23(21)17-30-20-9-7-6-8-10-20/h6-16,28H,17H2,1-5H3. The van der Waals surface area contributed by atoms with Crippen LogP contribution in [-0.2, 0) is 6.61 Å². The summed E-state index contributed by atoms with van der Waals surface area (Å²) in [5.74, 6) is 1.73. The highest BCUT2D eigenvalue weighted by molar-refractivity contribution is 5.88. The maximum atomic E-state index is 6.23. The van der Waals surface area contributed by atoms with Crippen molar-refractivity contribution in [2.75, 3.05) is 12.4 Å². The third-order valence-corrected chi connectivity index (χ3v) is 5.51. The van der Waals surface area contributed by atoms with Crippen molar-refractivity contribution >= 4 is 11.3 Å². The van der Waals surface area contributed by atoms with E-state index in [0.29, 0.717) is 6.61 Å². The zero-order valence-electron chi connectivity index (χ0n) is 18.4. The van der Waals surface area contributed by atoms with Gasteiger partial charge in [0.25, 0.3) is 0 Å². The van der Waals surface area contributed by atoms with Gasteiger partial charge in [0.2, 0.25) is 0 Å². The molecule has 3 aromatic rings. The Morgan fingerprint density at radius 2 is 1.67 bits per heavy atom. The van der Waals surface area contributed by atoms with E-state index >= 15 is 0 Å². The van der Waals surface area contributed by atoms with Crippen molar-refractivity contribution in [3.05, 3.63) is 83.4 Å². The summed E-state index contributed by atoms with van der Waals surface area (Å²) in [6.07, 6.45) is 2.29. The summed E-state index contributed by atoms with van der Waals surface area (Å²) in [4.78, 5) is 0. The van der Waals surface area contributed by atoms with Crippen LogP contribution in [0.25, 0.3) is 16.7 Å². The van der Waals surface area contributed by atoms with Gasteiger partial charge in [0.05, 0.1) is 12.6 Å². The molecule has 1 N–H and O–H groups in total. The van der Waals surface area contributed by atoms with E-state index in [1.165, 1.54) is 16.7 Å². The van der Waals surface area contributed by atoms with Gasteiger partial charge in [-0.3, -0.25) is 0 Å². The van der Waals surface area contributed by atoms with Crippen molar-refractivity contribution in [2.45, 2.75) is 39.8 Å². The van der Waals surface area contributed by atoms with Gasteiger partial charge in [0.15, 0.2) is 0 Å². The molecule has 0 fully saturated rings. The van der Waals surface area contributed by atoms with Gasteiger partial charge in [-0.2, -0.15) is 0 Å². The molecule has 0 spiro atoms. The minimum Gasteiger partial charge on any atom is -0.496 e. The van der Waals surface area contributed by atoms with E-state index in [0.717, 1.165) is 33.9 Å². The SMILES string of the molecule is COc1ccc(C)cc1-c1ccc2c(c1COc1ccccc1)C(C)=CC(C)(C)N2. The Balaban J connectivity index is 1.89. The second-order valence-electron chi connectivity index (χ2n) is 8.49. The third-order valence-electron chi connectivity index (χ3n) is 5.51. The average Bonchev–Trinajstić information content (AvgIpc) is 2.71. The van der Waals surface area contributed by atoms with E-state index in [1.807, 2.05) is 36.4 Å². The minimum atomic E-state index is -0.0861. The number of aryl methyl sites for hydroxylation is 1. The number of rotatable bonds is 5. The van der Waals surface area contributed by atoms with Crippen LogP contribution in [0.3, 0.4) is 0 Å². The highest BCUT2D eigenvalue weighted by atomic mass is 16.5. The number of ether oxygens (including phenoxy) is 2. The molecule has 0 saturated carbocycles. The number of hydrogen-bond donors (Lipinski definition) is 1. The predicted molar refractivity (Wildman–Crippen MR) is 125 cm³/mol. The molecule has 1 aliphatic rings. The molecule has 4 rings (SSSR count). The zero-order chi connectivity index (χ0) is 21.3. The van der Waals surface area contributed by atoms with Crippen LogP contribution in [-0.4, -0.2) is 12.6 Å². The van der Waals surface area contributed by atoms with Crippen molar-refractivity contribution in [1.82, 2.24) is 0 Å². The predicted octanol–water partition coefficient (Wildman–Crippen LogP) is 6.86. The fourth-order valence-electron chi connectivity index (χ4n) is 4.31. The summed E-state index contributed by atoms with van der Waals surface area (Å²) in [5, 5.41) is 3.66. The topological polar surface area (TPSA) is 30.5 Å². The van der Waals surface area contributed by atoms with Crippen LogP contribution < -0.4 is 14.8 Å². The molecule has 0 aromatic heterocycles. The summed E-state index contributed by atoms with van der Waals surface area (Å²) < 4.78 is 11.9. The minimum absolute atomic E-state index is 0.0861. The molecule has 154 valence electrons. The zero-order valence-corrected chi connectivity index (χ0v) is 18.4. The highest BCUT2D eigenvalue weighted by Gasteiger charge is 2.26. The van der Waals surface area contributed by atoms with Crippen LogP contribution in [0.4, 0.5) is 5.69 Å². The number of nitrogens with one attached hydrogen (secondary N) is 1. The van der Waals surface area contributed by atoms with E-state index < -0.39 is 0 Å². The maximum Gasteiger partial charge on any atom is 0.126 e. The third kappa shape index (κ3) is 3.93. The summed E-state index contributed by atoms with van der Waals surface area (Å²) in [6, 6.07) is 20.6. The van der Waals surface area contributed by atoms with Crippen LogP contribution in [0.1, 0.15) is 37.5 Å². The highest BCUT2D eigenvalue weighted by Crippen LogP contribution is 2.42. The van der Waals surface area contributed by atoms with E-state index in [2.05, 4.69) is 63.4 Å². The second-order valence-corrected chi connectivity index (χ2v) is 8.49. The Morgan fingerprint density at radius 3 is 2.40 bits per heavy atom. The van der Waals surface area contributed by atoms with Gasteiger partial charge in [0, 0.05) is 22.4 Å². The Labute approximate surface area is 179 Å². The van der Waals surface area contributed by atoms with Crippen LogP contribution in [0, 0.1) is 6.92 Å². The fraction of sp³-hybridized carbons (Fsp3) is 0.259. The van der Waals surface area contributed by atoms with Gasteiger partial charge in [-0.1, -0.05) is 42.0 Å². The molecule has 0 unspecified atom stereocenters. The molecular weight excluding hydrogens is 370 g/mol. The lowest BCUT2D eigenvalue weighted by Gasteiger charge is -2.33. The first-order valence-electron chi connectivity index (χ1n) is 10.3. The van der Waals surface area contributed by atoms with Crippen LogP contribution in [0.2, 0.25) is 0 Å². The number of allylic oxidation sites excluding steroid dienone is 1. The average molecular weight is 400 g/mol. The smallest absolute Gasteiger partial charge is 0.126 e. The molecule has 0 atom stereocenters. The molecule has 1 heterocycles. The molecule has 3 heteroatoms. The fourth-order valence-corrected chi connectivity index (χ4v) is 4.31. The van der Waals surface area contributed by atoms with E-state index in [9.17, 15) is 0 Å². The molecule has 30 heavy (non-hydrogen) atoms. The van der Waals surface area contributed by atoms with Crippen molar-refractivity contribution in [1.29, 1.82) is 0 Å². The Morgan fingerprint density at radius 1 is 0.900 bits per heavy atom. The van der Waals surface area contributed by atoms with Crippen LogP contribution in [0.15, 0.2) is 66.7 Å². The maximum absolute atomic E-state index is 6.23. The molecule has 1 aliphatic heterocycles. The Hall–Kier alpha value is -3.20. The first-order chi connectivity index (χ1) is 14.4. The summed E-state index contributed by atoms with van der Waals surface area (Å²) in [5.41, 5.74) is 8.12. The molecule has 0 amide bonds. The van der Waals surface area contributed by atoms with Gasteiger partial charge in [-0.25, -0.2) is 0 Å². The van der Waals surface area contributed by atoms with Crippen molar-refractivity contribution in [3.63, 3.8) is 0 Å². The Bertz CT molecular complexity index is 1100. The summed E-state index contributed by atoms with van der Waals surface area (Å²) in [7, 11) is 1.72. The van der Waals surface area contributed by atoms with Gasteiger partial charge in [-0.15, -0.1) is 0 Å². The van der Waals surface area contributed by atoms with Crippen LogP contribution in [0.5, 0.6) is 11.5 Å². The first-order valence-corrected chi connectivity index (χ1v) is 10.3. The normalized spacial score (nSPS) is 14.4. The molecule has 0 radical (unpaired) electrons. The molecular formula is C27H29NO2. The number of methoxy groups -OCH3 is 1. The lowest BCUT2D eigenvalue weighted by atomic mass is 9.85. The lowest BCUT2D eigenvalue weighted by molar-refractivity contribution is 0.306. The van der Waals surface area contributed by atoms with Gasteiger partial charge < -0.3 is 14.8 Å². The molecule has 3 aromatic carbocycles. The molecule has 0 saturated heterocycles. The second kappa shape index (κ2) is 7.91. The lowest BCUT2D eigenvalue weighted by Crippen LogP contribution is -2.32. The van der Waals surface area contributed by atoms with Gasteiger partial charge in [0.1, 0.15) is 18.1 Å². The van der Waals surface area contributed by atoms with E-state index in [-0.39, 0.29) is 5.54 Å². The first kappa shape index (κ1) is 20.1. The van der Waals surface area contributed by atoms with Crippen LogP contribution >= 0.6 is 0 Å². The summed E-state index contributed by atoms with van der Waals surface area (Å²) in [6.45, 7) is 9.16.